The smallest absolute Gasteiger partial charge is 0.257 e. The number of amides is 1. The van der Waals surface area contributed by atoms with Crippen molar-refractivity contribution in [2.24, 2.45) is 5.92 Å². The molecule has 2 aromatic carbocycles. The van der Waals surface area contributed by atoms with Crippen LogP contribution in [0.25, 0.3) is 0 Å². The van der Waals surface area contributed by atoms with Gasteiger partial charge in [-0.25, -0.2) is 0 Å². The summed E-state index contributed by atoms with van der Waals surface area (Å²) >= 11 is 5.24. The number of hydrogen-bond donors (Lipinski definition) is 2. The second kappa shape index (κ2) is 10.7. The minimum atomic E-state index is -0.277. The van der Waals surface area contributed by atoms with Gasteiger partial charge in [0.2, 0.25) is 0 Å². The largest absolute Gasteiger partial charge is 0.494 e. The first-order chi connectivity index (χ1) is 13.3. The summed E-state index contributed by atoms with van der Waals surface area (Å²) in [5.74, 6) is 1.80. The molecule has 0 saturated heterocycles. The van der Waals surface area contributed by atoms with Gasteiger partial charge in [-0.2, -0.15) is 0 Å². The highest BCUT2D eigenvalue weighted by Gasteiger charge is 2.09. The topological polar surface area (TPSA) is 59.6 Å². The molecule has 2 N–H and O–H groups in total. The van der Waals surface area contributed by atoms with Gasteiger partial charge in [-0.15, -0.1) is 0 Å². The average Bonchev–Trinajstić information content (AvgIpc) is 2.61. The van der Waals surface area contributed by atoms with Gasteiger partial charge in [-0.3, -0.25) is 10.1 Å². The summed E-state index contributed by atoms with van der Waals surface area (Å²) in [6, 6.07) is 14.5. The monoisotopic (exact) mass is 400 g/mol. The highest BCUT2D eigenvalue weighted by molar-refractivity contribution is 7.80. The Hall–Kier alpha value is -2.60. The van der Waals surface area contributed by atoms with Gasteiger partial charge in [-0.05, 0) is 74.8 Å². The lowest BCUT2D eigenvalue weighted by Gasteiger charge is -2.13. The molecule has 0 atom stereocenters. The van der Waals surface area contributed by atoms with Gasteiger partial charge in [0.05, 0.1) is 12.7 Å². The predicted molar refractivity (Wildman–Crippen MR) is 117 cm³/mol. The average molecular weight is 401 g/mol. The van der Waals surface area contributed by atoms with Crippen LogP contribution < -0.4 is 20.1 Å². The Morgan fingerprint density at radius 2 is 1.75 bits per heavy atom. The zero-order chi connectivity index (χ0) is 20.5. The molecule has 0 saturated carbocycles. The van der Waals surface area contributed by atoms with Crippen LogP contribution in [0.4, 0.5) is 5.69 Å². The van der Waals surface area contributed by atoms with Crippen molar-refractivity contribution in [3.05, 3.63) is 54.1 Å². The highest BCUT2D eigenvalue weighted by Crippen LogP contribution is 2.18. The molecule has 2 rings (SSSR count). The summed E-state index contributed by atoms with van der Waals surface area (Å²) in [6.07, 6.45) is 1.07. The van der Waals surface area contributed by atoms with Gasteiger partial charge in [0.15, 0.2) is 5.11 Å². The normalized spacial score (nSPS) is 10.6. The van der Waals surface area contributed by atoms with Crippen LogP contribution in [0.1, 0.15) is 44.5 Å². The van der Waals surface area contributed by atoms with Crippen molar-refractivity contribution in [1.82, 2.24) is 5.32 Å². The number of nitrogens with one attached hydrogen (secondary N) is 2. The van der Waals surface area contributed by atoms with Gasteiger partial charge < -0.3 is 14.8 Å². The zero-order valence-corrected chi connectivity index (χ0v) is 17.6. The Morgan fingerprint density at radius 3 is 2.39 bits per heavy atom. The number of thiocarbonyl (C=S) groups is 1. The summed E-state index contributed by atoms with van der Waals surface area (Å²) in [6.45, 7) is 8.90. The minimum absolute atomic E-state index is 0.0826. The van der Waals surface area contributed by atoms with Crippen molar-refractivity contribution in [3.63, 3.8) is 0 Å². The van der Waals surface area contributed by atoms with Crippen molar-refractivity contribution >= 4 is 28.9 Å². The maximum Gasteiger partial charge on any atom is 0.257 e. The van der Waals surface area contributed by atoms with E-state index in [0.717, 1.165) is 23.6 Å². The molecule has 0 fully saturated rings. The van der Waals surface area contributed by atoms with Crippen LogP contribution in [0, 0.1) is 5.92 Å². The number of benzene rings is 2. The molecule has 0 spiro atoms. The second-order valence-electron chi connectivity index (χ2n) is 7.16. The molecule has 5 nitrogen and oxygen atoms in total. The molecule has 0 aromatic heterocycles. The van der Waals surface area contributed by atoms with Crippen molar-refractivity contribution < 1.29 is 14.3 Å². The Morgan fingerprint density at radius 1 is 1.04 bits per heavy atom. The second-order valence-corrected chi connectivity index (χ2v) is 7.57. The van der Waals surface area contributed by atoms with E-state index in [9.17, 15) is 4.79 Å². The number of rotatable bonds is 8. The third-order valence-corrected chi connectivity index (χ3v) is 3.98. The van der Waals surface area contributed by atoms with Crippen LogP contribution in [0.2, 0.25) is 0 Å². The summed E-state index contributed by atoms with van der Waals surface area (Å²) in [5, 5.41) is 5.91. The van der Waals surface area contributed by atoms with Gasteiger partial charge in [0.1, 0.15) is 11.5 Å². The van der Waals surface area contributed by atoms with E-state index in [1.807, 2.05) is 38.1 Å². The summed E-state index contributed by atoms with van der Waals surface area (Å²) in [4.78, 5) is 12.4. The number of hydrogen-bond acceptors (Lipinski definition) is 4. The molecule has 0 aliphatic carbocycles. The van der Waals surface area contributed by atoms with E-state index < -0.39 is 0 Å². The van der Waals surface area contributed by atoms with E-state index in [0.29, 0.717) is 18.1 Å². The third-order valence-electron chi connectivity index (χ3n) is 3.77. The Labute approximate surface area is 172 Å². The van der Waals surface area contributed by atoms with Crippen molar-refractivity contribution in [1.29, 1.82) is 0 Å². The number of carbonyl (C=O) groups excluding carboxylic acids is 1. The molecule has 0 unspecified atom stereocenters. The van der Waals surface area contributed by atoms with Crippen LogP contribution in [0.5, 0.6) is 11.5 Å². The summed E-state index contributed by atoms with van der Waals surface area (Å²) < 4.78 is 11.3. The first-order valence-electron chi connectivity index (χ1n) is 9.45. The molecule has 2 aromatic rings. The molecule has 28 heavy (non-hydrogen) atoms. The number of anilines is 1. The van der Waals surface area contributed by atoms with Crippen molar-refractivity contribution in [3.8, 4) is 11.5 Å². The lowest BCUT2D eigenvalue weighted by Crippen LogP contribution is -2.34. The van der Waals surface area contributed by atoms with Crippen LogP contribution in [-0.4, -0.2) is 23.7 Å². The standard InChI is InChI=1S/C22H28N2O3S/c1-15(2)12-13-26-19-10-8-17(9-11-19)21(25)24-22(28)23-18-6-5-7-20(14-18)27-16(3)4/h5-11,14-16H,12-13H2,1-4H3,(H2,23,24,25,28). The highest BCUT2D eigenvalue weighted by atomic mass is 32.1. The van der Waals surface area contributed by atoms with E-state index in [1.54, 1.807) is 24.3 Å². The van der Waals surface area contributed by atoms with E-state index in [2.05, 4.69) is 24.5 Å². The zero-order valence-electron chi connectivity index (χ0n) is 16.8. The predicted octanol–water partition coefficient (Wildman–Crippen LogP) is 5.03. The maximum absolute atomic E-state index is 12.4. The Bertz CT molecular complexity index is 789. The van der Waals surface area contributed by atoms with E-state index in [-0.39, 0.29) is 17.1 Å². The molecule has 0 heterocycles. The minimum Gasteiger partial charge on any atom is -0.494 e. The van der Waals surface area contributed by atoms with Crippen LogP contribution in [0.3, 0.4) is 0 Å². The van der Waals surface area contributed by atoms with Crippen LogP contribution >= 0.6 is 12.2 Å². The molecular formula is C22H28N2O3S. The van der Waals surface area contributed by atoms with Crippen molar-refractivity contribution in [2.45, 2.75) is 40.2 Å². The number of carbonyl (C=O) groups is 1. The Kier molecular flexibility index (Phi) is 8.26. The van der Waals surface area contributed by atoms with Crippen molar-refractivity contribution in [2.75, 3.05) is 11.9 Å². The summed E-state index contributed by atoms with van der Waals surface area (Å²) in [5.41, 5.74) is 1.26. The Balaban J connectivity index is 1.87. The molecule has 0 bridgehead atoms. The van der Waals surface area contributed by atoms with E-state index in [1.165, 1.54) is 0 Å². The lowest BCUT2D eigenvalue weighted by molar-refractivity contribution is 0.0977. The quantitative estimate of drug-likeness (QED) is 0.609. The van der Waals surface area contributed by atoms with Crippen LogP contribution in [0.15, 0.2) is 48.5 Å². The summed E-state index contributed by atoms with van der Waals surface area (Å²) in [7, 11) is 0. The molecule has 0 aliphatic rings. The maximum atomic E-state index is 12.4. The van der Waals surface area contributed by atoms with Gasteiger partial charge in [0.25, 0.3) is 5.91 Å². The molecule has 1 amide bonds. The fourth-order valence-electron chi connectivity index (χ4n) is 2.37. The van der Waals surface area contributed by atoms with Gasteiger partial charge in [-0.1, -0.05) is 19.9 Å². The van der Waals surface area contributed by atoms with E-state index >= 15 is 0 Å². The lowest BCUT2D eigenvalue weighted by atomic mass is 10.1. The number of ether oxygens (including phenoxy) is 2. The van der Waals surface area contributed by atoms with Crippen LogP contribution in [-0.2, 0) is 0 Å². The molecule has 0 aliphatic heterocycles. The molecule has 6 heteroatoms. The molecule has 150 valence electrons. The fraction of sp³-hybridized carbons (Fsp3) is 0.364. The third kappa shape index (κ3) is 7.56. The van der Waals surface area contributed by atoms with Gasteiger partial charge in [0, 0.05) is 17.3 Å². The SMILES string of the molecule is CC(C)CCOc1ccc(C(=O)NC(=S)Nc2cccc(OC(C)C)c2)cc1. The van der Waals surface area contributed by atoms with Gasteiger partial charge >= 0.3 is 0 Å². The first-order valence-corrected chi connectivity index (χ1v) is 9.86. The van der Waals surface area contributed by atoms with E-state index in [4.69, 9.17) is 21.7 Å². The first kappa shape index (κ1) is 21.7. The fourth-order valence-corrected chi connectivity index (χ4v) is 2.58. The molecule has 0 radical (unpaired) electrons. The molecular weight excluding hydrogens is 372 g/mol.